The summed E-state index contributed by atoms with van der Waals surface area (Å²) in [7, 11) is 1.66. The summed E-state index contributed by atoms with van der Waals surface area (Å²) in [5.41, 5.74) is 1.87. The minimum Gasteiger partial charge on any atom is -0.496 e. The number of hydrogen-bond donors (Lipinski definition) is 0. The molecule has 0 unspecified atom stereocenters. The van der Waals surface area contributed by atoms with E-state index in [-0.39, 0.29) is 23.6 Å². The van der Waals surface area contributed by atoms with Gasteiger partial charge in [0.15, 0.2) is 5.78 Å². The molecule has 3 aromatic rings. The third-order valence-electron chi connectivity index (χ3n) is 6.19. The van der Waals surface area contributed by atoms with Gasteiger partial charge in [-0.1, -0.05) is 18.2 Å². The van der Waals surface area contributed by atoms with Crippen LogP contribution in [0, 0.1) is 13.8 Å². The maximum atomic E-state index is 13.5. The Hall–Kier alpha value is -2.44. The lowest BCUT2D eigenvalue weighted by atomic mass is 9.96. The average Bonchev–Trinajstić information content (AvgIpc) is 3.03. The van der Waals surface area contributed by atoms with Crippen molar-refractivity contribution in [3.63, 3.8) is 0 Å². The van der Waals surface area contributed by atoms with Crippen LogP contribution in [0.5, 0.6) is 5.75 Å². The number of rotatable bonds is 8. The molecule has 3 rings (SSSR count). The second-order valence-corrected chi connectivity index (χ2v) is 10.3. The smallest absolute Gasteiger partial charge is 0.260 e. The van der Waals surface area contributed by atoms with Crippen molar-refractivity contribution in [1.29, 1.82) is 0 Å². The first kappa shape index (κ1) is 24.2. The van der Waals surface area contributed by atoms with E-state index in [0.717, 1.165) is 32.0 Å². The highest BCUT2D eigenvalue weighted by Crippen LogP contribution is 2.37. The van der Waals surface area contributed by atoms with Crippen LogP contribution in [0.2, 0.25) is 0 Å². The van der Waals surface area contributed by atoms with Crippen LogP contribution in [0.25, 0.3) is 10.1 Å². The summed E-state index contributed by atoms with van der Waals surface area (Å²) in [5, 5.41) is 0.697. The molecule has 6 heteroatoms. The average molecular weight is 456 g/mol. The van der Waals surface area contributed by atoms with Gasteiger partial charge in [-0.25, -0.2) is 0 Å². The van der Waals surface area contributed by atoms with Crippen LogP contribution in [0.4, 0.5) is 0 Å². The minimum absolute atomic E-state index is 0.00627. The summed E-state index contributed by atoms with van der Waals surface area (Å²) in [4.78, 5) is 27.0. The fourth-order valence-corrected chi connectivity index (χ4v) is 5.10. The molecule has 32 heavy (non-hydrogen) atoms. The zero-order valence-electron chi connectivity index (χ0n) is 20.2. The number of thiophene rings is 1. The Labute approximate surface area is 194 Å². The molecule has 0 aliphatic carbocycles. The summed E-state index contributed by atoms with van der Waals surface area (Å²) in [6, 6.07) is 7.86. The topological polar surface area (TPSA) is 57.5 Å². The second-order valence-electron chi connectivity index (χ2n) is 9.05. The maximum absolute atomic E-state index is 13.5. The number of Topliss-reactive ketones (excluding diaryl/α,β-unsaturated/α-hetero) is 1. The van der Waals surface area contributed by atoms with E-state index < -0.39 is 5.54 Å². The normalized spacial score (nSPS) is 13.0. The number of methoxy groups -OCH3 is 1. The number of aromatic nitrogens is 1. The molecule has 2 aromatic heterocycles. The number of pyridine rings is 1. The highest BCUT2D eigenvalue weighted by Gasteiger charge is 2.30. The third kappa shape index (κ3) is 4.39. The van der Waals surface area contributed by atoms with Gasteiger partial charge in [0.2, 0.25) is 0 Å². The molecule has 0 N–H and O–H groups in total. The highest BCUT2D eigenvalue weighted by atomic mass is 32.1. The van der Waals surface area contributed by atoms with Crippen molar-refractivity contribution in [2.75, 3.05) is 7.11 Å². The van der Waals surface area contributed by atoms with Crippen LogP contribution in [0.3, 0.4) is 0 Å². The monoisotopic (exact) mass is 455 g/mol. The molecule has 0 amide bonds. The molecule has 0 radical (unpaired) electrons. The van der Waals surface area contributed by atoms with Crippen molar-refractivity contribution < 1.29 is 14.3 Å². The van der Waals surface area contributed by atoms with E-state index in [2.05, 4.69) is 0 Å². The Morgan fingerprint density at radius 3 is 2.44 bits per heavy atom. The molecule has 0 bridgehead atoms. The van der Waals surface area contributed by atoms with E-state index in [1.54, 1.807) is 36.9 Å². The van der Waals surface area contributed by atoms with Crippen molar-refractivity contribution in [2.24, 2.45) is 0 Å². The van der Waals surface area contributed by atoms with Crippen molar-refractivity contribution in [2.45, 2.75) is 72.6 Å². The molecule has 5 nitrogen and oxygen atoms in total. The first-order chi connectivity index (χ1) is 15.0. The van der Waals surface area contributed by atoms with Crippen LogP contribution in [-0.2, 0) is 21.5 Å². The van der Waals surface area contributed by atoms with Gasteiger partial charge in [0, 0.05) is 27.8 Å². The lowest BCUT2D eigenvalue weighted by molar-refractivity contribution is -0.124. The van der Waals surface area contributed by atoms with E-state index in [1.807, 2.05) is 58.2 Å². The number of ether oxygens (including phenoxy) is 2. The summed E-state index contributed by atoms with van der Waals surface area (Å²) in [6.45, 7) is 13.2. The first-order valence-electron chi connectivity index (χ1n) is 10.9. The molecule has 1 aromatic carbocycles. The molecule has 0 saturated carbocycles. The molecule has 0 aliphatic rings. The quantitative estimate of drug-likeness (QED) is 0.436. The number of nitrogens with zero attached hydrogens (tertiary/aromatic N) is 1. The zero-order valence-corrected chi connectivity index (χ0v) is 21.1. The van der Waals surface area contributed by atoms with Crippen molar-refractivity contribution in [3.05, 3.63) is 62.4 Å². The summed E-state index contributed by atoms with van der Waals surface area (Å²) < 4.78 is 14.5. The van der Waals surface area contributed by atoms with Crippen LogP contribution in [0.1, 0.15) is 62.3 Å². The number of hydrogen-bond acceptors (Lipinski definition) is 5. The predicted octanol–water partition coefficient (Wildman–Crippen LogP) is 5.72. The first-order valence-corrected chi connectivity index (χ1v) is 11.7. The van der Waals surface area contributed by atoms with Crippen LogP contribution >= 0.6 is 11.3 Å². The molecule has 2 heterocycles. The van der Waals surface area contributed by atoms with Crippen molar-refractivity contribution >= 4 is 27.2 Å². The number of fused-ring (bicyclic) bond motifs is 1. The predicted molar refractivity (Wildman–Crippen MR) is 131 cm³/mol. The zero-order chi connectivity index (χ0) is 23.8. The maximum Gasteiger partial charge on any atom is 0.260 e. The number of para-hydroxylation sites is 1. The SMILES string of the molecule is COc1ccccc1[C@H](Cc1cn(C(C)(C)C(C)=O)c(=O)c2c(C)c(C)sc12)OC(C)C. The largest absolute Gasteiger partial charge is 0.496 e. The van der Waals surface area contributed by atoms with Crippen molar-refractivity contribution in [1.82, 2.24) is 4.57 Å². The molecular weight excluding hydrogens is 422 g/mol. The van der Waals surface area contributed by atoms with E-state index in [4.69, 9.17) is 9.47 Å². The van der Waals surface area contributed by atoms with Crippen LogP contribution in [0.15, 0.2) is 35.3 Å². The molecule has 1 atom stereocenters. The van der Waals surface area contributed by atoms with Gasteiger partial charge >= 0.3 is 0 Å². The van der Waals surface area contributed by atoms with E-state index in [0.29, 0.717) is 11.8 Å². The fourth-order valence-electron chi connectivity index (χ4n) is 3.93. The van der Waals surface area contributed by atoms with Gasteiger partial charge in [0.05, 0.1) is 24.7 Å². The minimum atomic E-state index is -0.943. The Bertz CT molecular complexity index is 1200. The molecule has 0 fully saturated rings. The molecule has 0 spiro atoms. The fraction of sp³-hybridized carbons (Fsp3) is 0.462. The van der Waals surface area contributed by atoms with Gasteiger partial charge in [0.25, 0.3) is 5.56 Å². The van der Waals surface area contributed by atoms with Gasteiger partial charge in [-0.15, -0.1) is 11.3 Å². The molecular formula is C26H33NO4S. The van der Waals surface area contributed by atoms with E-state index in [1.165, 1.54) is 6.92 Å². The number of carbonyl (C=O) groups is 1. The Morgan fingerprint density at radius 2 is 1.84 bits per heavy atom. The summed E-state index contributed by atoms with van der Waals surface area (Å²) in [6.07, 6.45) is 2.16. The Balaban J connectivity index is 2.26. The molecule has 172 valence electrons. The van der Waals surface area contributed by atoms with Gasteiger partial charge in [-0.3, -0.25) is 9.59 Å². The number of benzene rings is 1. The van der Waals surface area contributed by atoms with Crippen LogP contribution < -0.4 is 10.3 Å². The summed E-state index contributed by atoms with van der Waals surface area (Å²) in [5.74, 6) is 0.708. The summed E-state index contributed by atoms with van der Waals surface area (Å²) >= 11 is 1.63. The van der Waals surface area contributed by atoms with Gasteiger partial charge in [0.1, 0.15) is 11.3 Å². The Morgan fingerprint density at radius 1 is 1.19 bits per heavy atom. The number of carbonyl (C=O) groups excluding carboxylic acids is 1. The molecule has 0 saturated heterocycles. The third-order valence-corrected chi connectivity index (χ3v) is 7.47. The second kappa shape index (κ2) is 9.20. The number of ketones is 1. The van der Waals surface area contributed by atoms with E-state index >= 15 is 0 Å². The standard InChI is InChI=1S/C26H33NO4S/c1-15(2)31-22(20-11-9-10-12-21(20)30-8)13-19-14-27(26(6,7)18(5)28)25(29)23-16(3)17(4)32-24(19)23/h9-12,14-15,22H,13H2,1-8H3/t22-/m0/s1. The van der Waals surface area contributed by atoms with Gasteiger partial charge in [-0.05, 0) is 65.7 Å². The van der Waals surface area contributed by atoms with Gasteiger partial charge < -0.3 is 14.0 Å². The highest BCUT2D eigenvalue weighted by molar-refractivity contribution is 7.19. The van der Waals surface area contributed by atoms with Crippen molar-refractivity contribution in [3.8, 4) is 5.75 Å². The van der Waals surface area contributed by atoms with Crippen LogP contribution in [-0.4, -0.2) is 23.6 Å². The van der Waals surface area contributed by atoms with Gasteiger partial charge in [-0.2, -0.15) is 0 Å². The molecule has 0 aliphatic heterocycles. The van der Waals surface area contributed by atoms with E-state index in [9.17, 15) is 9.59 Å². The lowest BCUT2D eigenvalue weighted by Gasteiger charge is -2.27. The number of aryl methyl sites for hydroxylation is 2. The lowest BCUT2D eigenvalue weighted by Crippen LogP contribution is -2.41. The Kier molecular flexibility index (Phi) is 6.96.